The van der Waals surface area contributed by atoms with Gasteiger partial charge in [-0.05, 0) is 44.2 Å². The molecule has 0 aromatic heterocycles. The lowest BCUT2D eigenvalue weighted by Crippen LogP contribution is -2.29. The monoisotopic (exact) mass is 294 g/mol. The van der Waals surface area contributed by atoms with E-state index >= 15 is 0 Å². The third-order valence-electron chi connectivity index (χ3n) is 4.26. The van der Waals surface area contributed by atoms with Crippen molar-refractivity contribution in [1.82, 2.24) is 0 Å². The molecule has 2 unspecified atom stereocenters. The largest absolute Gasteiger partial charge is 0.507 e. The van der Waals surface area contributed by atoms with Gasteiger partial charge in [-0.15, -0.1) is 0 Å². The van der Waals surface area contributed by atoms with Crippen LogP contribution in [-0.2, 0) is 11.2 Å². The maximum atomic E-state index is 12.1. The minimum atomic E-state index is -0.559. The third-order valence-corrected chi connectivity index (χ3v) is 4.26. The summed E-state index contributed by atoms with van der Waals surface area (Å²) in [5, 5.41) is 29.7. The number of ether oxygens (including phenoxy) is 1. The predicted molar refractivity (Wildman–Crippen MR) is 77.7 cm³/mol. The summed E-state index contributed by atoms with van der Waals surface area (Å²) in [5.74, 6) is -0.741. The van der Waals surface area contributed by atoms with Crippen molar-refractivity contribution in [3.05, 3.63) is 22.3 Å². The van der Waals surface area contributed by atoms with Crippen LogP contribution in [0.4, 0.5) is 0 Å². The van der Waals surface area contributed by atoms with E-state index in [-0.39, 0.29) is 23.2 Å². The second kappa shape index (κ2) is 5.93. The first-order valence-corrected chi connectivity index (χ1v) is 7.29. The zero-order chi connectivity index (χ0) is 15.7. The van der Waals surface area contributed by atoms with E-state index in [1.54, 1.807) is 13.8 Å². The number of cyclic esters (lactones) is 1. The summed E-state index contributed by atoms with van der Waals surface area (Å²) >= 11 is 0. The number of aliphatic hydroxyl groups is 1. The fourth-order valence-corrected chi connectivity index (χ4v) is 2.75. The Balaban J connectivity index is 2.30. The van der Waals surface area contributed by atoms with Crippen LogP contribution in [0.25, 0.3) is 0 Å². The first-order valence-electron chi connectivity index (χ1n) is 7.29. The molecule has 1 aliphatic rings. The average molecular weight is 294 g/mol. The summed E-state index contributed by atoms with van der Waals surface area (Å²) in [6, 6.07) is 0. The lowest BCUT2D eigenvalue weighted by Gasteiger charge is -2.28. The molecule has 2 atom stereocenters. The molecule has 5 nitrogen and oxygen atoms in total. The average Bonchev–Trinajstić information content (AvgIpc) is 2.47. The Morgan fingerprint density at radius 2 is 1.90 bits per heavy atom. The first kappa shape index (κ1) is 15.6. The van der Waals surface area contributed by atoms with Crippen molar-refractivity contribution in [2.75, 3.05) is 0 Å². The van der Waals surface area contributed by atoms with Gasteiger partial charge in [0.1, 0.15) is 23.2 Å². The van der Waals surface area contributed by atoms with Crippen LogP contribution in [0.3, 0.4) is 0 Å². The van der Waals surface area contributed by atoms with E-state index in [1.165, 1.54) is 0 Å². The molecule has 1 aromatic rings. The van der Waals surface area contributed by atoms with Crippen LogP contribution in [0, 0.1) is 13.8 Å². The molecule has 0 radical (unpaired) electrons. The highest BCUT2D eigenvalue weighted by atomic mass is 16.5. The van der Waals surface area contributed by atoms with E-state index in [0.29, 0.717) is 42.4 Å². The summed E-state index contributed by atoms with van der Waals surface area (Å²) in [7, 11) is 0. The molecule has 0 bridgehead atoms. The van der Waals surface area contributed by atoms with Crippen molar-refractivity contribution in [1.29, 1.82) is 0 Å². The molecule has 0 fully saturated rings. The standard InChI is InChI=1S/C16H22O5/c1-4-10(17)5-6-11-7-12-8(2)14(18)9(3)15(19)13(12)16(20)21-11/h10-11,17-19H,4-7H2,1-3H3. The Morgan fingerprint density at radius 3 is 2.52 bits per heavy atom. The summed E-state index contributed by atoms with van der Waals surface area (Å²) in [6.45, 7) is 5.20. The van der Waals surface area contributed by atoms with Crippen molar-refractivity contribution in [3.8, 4) is 11.5 Å². The van der Waals surface area contributed by atoms with Gasteiger partial charge in [0, 0.05) is 12.0 Å². The molecule has 1 aliphatic heterocycles. The van der Waals surface area contributed by atoms with Crippen molar-refractivity contribution in [2.45, 2.75) is 58.7 Å². The number of esters is 1. The molecular formula is C16H22O5. The highest BCUT2D eigenvalue weighted by Crippen LogP contribution is 2.40. The number of hydrogen-bond acceptors (Lipinski definition) is 5. The maximum absolute atomic E-state index is 12.1. The van der Waals surface area contributed by atoms with Gasteiger partial charge in [0.2, 0.25) is 0 Å². The molecular weight excluding hydrogens is 272 g/mol. The van der Waals surface area contributed by atoms with Crippen molar-refractivity contribution >= 4 is 5.97 Å². The van der Waals surface area contributed by atoms with Gasteiger partial charge in [-0.3, -0.25) is 0 Å². The summed E-state index contributed by atoms with van der Waals surface area (Å²) in [5.41, 5.74) is 1.71. The van der Waals surface area contributed by atoms with Gasteiger partial charge in [-0.2, -0.15) is 0 Å². The van der Waals surface area contributed by atoms with E-state index in [1.807, 2.05) is 6.92 Å². The number of rotatable bonds is 4. The molecule has 2 rings (SSSR count). The predicted octanol–water partition coefficient (Wildman–Crippen LogP) is 2.35. The Bertz CT molecular complexity index is 565. The van der Waals surface area contributed by atoms with E-state index in [9.17, 15) is 20.1 Å². The maximum Gasteiger partial charge on any atom is 0.342 e. The number of carbonyl (C=O) groups is 1. The van der Waals surface area contributed by atoms with Gasteiger partial charge in [0.25, 0.3) is 0 Å². The topological polar surface area (TPSA) is 87.0 Å². The number of carbonyl (C=O) groups excluding carboxylic acids is 1. The molecule has 0 saturated carbocycles. The number of fused-ring (bicyclic) bond motifs is 1. The number of hydrogen-bond donors (Lipinski definition) is 3. The zero-order valence-corrected chi connectivity index (χ0v) is 12.6. The van der Waals surface area contributed by atoms with Crippen LogP contribution in [0.15, 0.2) is 0 Å². The van der Waals surface area contributed by atoms with Gasteiger partial charge in [0.05, 0.1) is 6.10 Å². The number of aromatic hydroxyl groups is 2. The van der Waals surface area contributed by atoms with Crippen LogP contribution >= 0.6 is 0 Å². The minimum absolute atomic E-state index is 0.0216. The molecule has 1 heterocycles. The summed E-state index contributed by atoms with van der Waals surface area (Å²) in [6.07, 6.45) is 1.51. The molecule has 0 aliphatic carbocycles. The van der Waals surface area contributed by atoms with E-state index < -0.39 is 12.1 Å². The zero-order valence-electron chi connectivity index (χ0n) is 12.6. The molecule has 5 heteroatoms. The second-order valence-electron chi connectivity index (χ2n) is 5.67. The molecule has 0 saturated heterocycles. The Morgan fingerprint density at radius 1 is 1.24 bits per heavy atom. The van der Waals surface area contributed by atoms with Crippen LogP contribution in [0.5, 0.6) is 11.5 Å². The fraction of sp³-hybridized carbons (Fsp3) is 0.562. The van der Waals surface area contributed by atoms with Gasteiger partial charge >= 0.3 is 5.97 Å². The summed E-state index contributed by atoms with van der Waals surface area (Å²) in [4.78, 5) is 12.1. The lowest BCUT2D eigenvalue weighted by atomic mass is 9.89. The van der Waals surface area contributed by atoms with Crippen LogP contribution < -0.4 is 0 Å². The van der Waals surface area contributed by atoms with Crippen molar-refractivity contribution in [3.63, 3.8) is 0 Å². The van der Waals surface area contributed by atoms with E-state index in [4.69, 9.17) is 4.74 Å². The quantitative estimate of drug-likeness (QED) is 0.742. The Hall–Kier alpha value is -1.75. The SMILES string of the molecule is CCC(O)CCC1Cc2c(C)c(O)c(C)c(O)c2C(=O)O1. The smallest absolute Gasteiger partial charge is 0.342 e. The number of benzene rings is 1. The first-order chi connectivity index (χ1) is 9.86. The molecule has 116 valence electrons. The molecule has 21 heavy (non-hydrogen) atoms. The van der Waals surface area contributed by atoms with Crippen molar-refractivity contribution in [2.24, 2.45) is 0 Å². The van der Waals surface area contributed by atoms with E-state index in [0.717, 1.165) is 0 Å². The normalized spacial score (nSPS) is 19.0. The lowest BCUT2D eigenvalue weighted by molar-refractivity contribution is 0.0187. The van der Waals surface area contributed by atoms with E-state index in [2.05, 4.69) is 0 Å². The number of aliphatic hydroxyl groups excluding tert-OH is 1. The van der Waals surface area contributed by atoms with Gasteiger partial charge in [-0.25, -0.2) is 4.79 Å². The third kappa shape index (κ3) is 2.83. The molecule has 3 N–H and O–H groups in total. The van der Waals surface area contributed by atoms with Crippen molar-refractivity contribution < 1.29 is 24.9 Å². The summed E-state index contributed by atoms with van der Waals surface area (Å²) < 4.78 is 5.35. The molecule has 1 aromatic carbocycles. The van der Waals surface area contributed by atoms with Gasteiger partial charge in [0.15, 0.2) is 0 Å². The number of phenolic OH excluding ortho intramolecular Hbond substituents is 2. The van der Waals surface area contributed by atoms with Crippen LogP contribution in [-0.4, -0.2) is 33.5 Å². The van der Waals surface area contributed by atoms with Crippen LogP contribution in [0.1, 0.15) is 53.2 Å². The Labute approximate surface area is 124 Å². The highest BCUT2D eigenvalue weighted by molar-refractivity contribution is 5.96. The second-order valence-corrected chi connectivity index (χ2v) is 5.67. The number of phenols is 2. The fourth-order valence-electron chi connectivity index (χ4n) is 2.75. The Kier molecular flexibility index (Phi) is 4.42. The minimum Gasteiger partial charge on any atom is -0.507 e. The van der Waals surface area contributed by atoms with Gasteiger partial charge < -0.3 is 20.1 Å². The van der Waals surface area contributed by atoms with Gasteiger partial charge in [-0.1, -0.05) is 6.92 Å². The molecule has 0 amide bonds. The highest BCUT2D eigenvalue weighted by Gasteiger charge is 2.33. The molecule has 0 spiro atoms. The van der Waals surface area contributed by atoms with Crippen LogP contribution in [0.2, 0.25) is 0 Å².